The van der Waals surface area contributed by atoms with E-state index in [2.05, 4.69) is 21.4 Å². The molecule has 1 heterocycles. The van der Waals surface area contributed by atoms with E-state index in [0.717, 1.165) is 47.4 Å². The van der Waals surface area contributed by atoms with Gasteiger partial charge in [0.25, 0.3) is 0 Å². The van der Waals surface area contributed by atoms with E-state index in [1.807, 2.05) is 67.6 Å². The maximum Gasteiger partial charge on any atom is 0.163 e. The summed E-state index contributed by atoms with van der Waals surface area (Å²) in [7, 11) is 0. The van der Waals surface area contributed by atoms with Crippen LogP contribution in [0.4, 0.5) is 0 Å². The van der Waals surface area contributed by atoms with E-state index in [4.69, 9.17) is 21.1 Å². The molecule has 32 heavy (non-hydrogen) atoms. The minimum Gasteiger partial charge on any atom is -0.490 e. The van der Waals surface area contributed by atoms with Crippen LogP contribution in [-0.2, 0) is 19.6 Å². The number of para-hydroxylation sites is 2. The van der Waals surface area contributed by atoms with Gasteiger partial charge in [-0.05, 0) is 49.2 Å². The second-order valence-electron chi connectivity index (χ2n) is 7.58. The second-order valence-corrected chi connectivity index (χ2v) is 7.99. The lowest BCUT2D eigenvalue weighted by molar-refractivity contribution is 0.269. The first-order chi connectivity index (χ1) is 15.7. The maximum absolute atomic E-state index is 6.55. The van der Waals surface area contributed by atoms with Gasteiger partial charge in [-0.25, -0.2) is 4.98 Å². The predicted octanol–water partition coefficient (Wildman–Crippen LogP) is 5.92. The van der Waals surface area contributed by atoms with Gasteiger partial charge in [0.2, 0.25) is 0 Å². The number of H-pyrrole nitrogens is 1. The fourth-order valence-corrected chi connectivity index (χ4v) is 3.78. The van der Waals surface area contributed by atoms with Gasteiger partial charge < -0.3 is 19.8 Å². The number of aromatic amines is 1. The van der Waals surface area contributed by atoms with Crippen LogP contribution in [0.2, 0.25) is 5.02 Å². The monoisotopic (exact) mass is 449 g/mol. The van der Waals surface area contributed by atoms with E-state index in [9.17, 15) is 0 Å². The number of fused-ring (bicyclic) bond motifs is 1. The zero-order valence-electron chi connectivity index (χ0n) is 18.2. The number of hydrogen-bond acceptors (Lipinski definition) is 4. The lowest BCUT2D eigenvalue weighted by Gasteiger charge is -2.15. The number of hydrogen-bond donors (Lipinski definition) is 2. The van der Waals surface area contributed by atoms with Gasteiger partial charge in [-0.3, -0.25) is 0 Å². The average molecular weight is 450 g/mol. The van der Waals surface area contributed by atoms with Crippen molar-refractivity contribution in [3.63, 3.8) is 0 Å². The van der Waals surface area contributed by atoms with E-state index in [0.29, 0.717) is 36.3 Å². The molecule has 5 nitrogen and oxygen atoms in total. The van der Waals surface area contributed by atoms with E-state index in [-0.39, 0.29) is 0 Å². The Labute approximate surface area is 193 Å². The van der Waals surface area contributed by atoms with Crippen molar-refractivity contribution in [3.8, 4) is 11.5 Å². The standard InChI is InChI=1S/C26H28ClN3O2/c1-2-31-24-15-20(21(27)16-25(24)32-18-19-9-4-3-5-10-19)17-28-14-8-13-26-29-22-11-6-7-12-23(22)30-26/h3-7,9-12,15-16,28H,2,8,13-14,17-18H2,1H3,(H,29,30). The highest BCUT2D eigenvalue weighted by molar-refractivity contribution is 6.31. The van der Waals surface area contributed by atoms with Crippen LogP contribution < -0.4 is 14.8 Å². The van der Waals surface area contributed by atoms with E-state index in [1.165, 1.54) is 0 Å². The summed E-state index contributed by atoms with van der Waals surface area (Å²) < 4.78 is 11.8. The smallest absolute Gasteiger partial charge is 0.163 e. The summed E-state index contributed by atoms with van der Waals surface area (Å²) in [6.07, 6.45) is 1.87. The number of halogens is 1. The third-order valence-corrected chi connectivity index (χ3v) is 5.52. The Morgan fingerprint density at radius 3 is 2.56 bits per heavy atom. The Balaban J connectivity index is 1.30. The van der Waals surface area contributed by atoms with Crippen molar-refractivity contribution in [2.24, 2.45) is 0 Å². The molecule has 0 saturated carbocycles. The van der Waals surface area contributed by atoms with Crippen LogP contribution in [0.5, 0.6) is 11.5 Å². The van der Waals surface area contributed by atoms with Crippen molar-refractivity contribution in [1.29, 1.82) is 0 Å². The third kappa shape index (κ3) is 5.81. The molecule has 0 unspecified atom stereocenters. The second kappa shape index (κ2) is 11.0. The number of ether oxygens (including phenoxy) is 2. The van der Waals surface area contributed by atoms with Gasteiger partial charge >= 0.3 is 0 Å². The molecule has 6 heteroatoms. The van der Waals surface area contributed by atoms with Crippen LogP contribution in [0.15, 0.2) is 66.7 Å². The molecule has 166 valence electrons. The molecule has 0 atom stereocenters. The molecular weight excluding hydrogens is 422 g/mol. The molecule has 0 amide bonds. The molecule has 0 saturated heterocycles. The Hall–Kier alpha value is -3.02. The molecule has 4 aromatic rings. The first-order valence-corrected chi connectivity index (χ1v) is 11.4. The molecule has 0 aliphatic rings. The Morgan fingerprint density at radius 1 is 0.969 bits per heavy atom. The van der Waals surface area contributed by atoms with Gasteiger partial charge in [-0.15, -0.1) is 0 Å². The lowest BCUT2D eigenvalue weighted by atomic mass is 10.2. The molecule has 4 rings (SSSR count). The number of nitrogens with zero attached hydrogens (tertiary/aromatic N) is 1. The summed E-state index contributed by atoms with van der Waals surface area (Å²) in [5.41, 5.74) is 4.19. The fraction of sp³-hybridized carbons (Fsp3) is 0.269. The summed E-state index contributed by atoms with van der Waals surface area (Å²) in [5, 5.41) is 4.14. The highest BCUT2D eigenvalue weighted by Gasteiger charge is 2.12. The molecule has 1 aromatic heterocycles. The minimum atomic E-state index is 0.469. The highest BCUT2D eigenvalue weighted by Crippen LogP contribution is 2.34. The number of aryl methyl sites for hydroxylation is 1. The number of nitrogens with one attached hydrogen (secondary N) is 2. The molecule has 2 N–H and O–H groups in total. The topological polar surface area (TPSA) is 59.2 Å². The zero-order chi connectivity index (χ0) is 22.2. The van der Waals surface area contributed by atoms with E-state index < -0.39 is 0 Å². The zero-order valence-corrected chi connectivity index (χ0v) is 19.0. The van der Waals surface area contributed by atoms with Crippen LogP contribution in [0, 0.1) is 0 Å². The molecule has 0 spiro atoms. The average Bonchev–Trinajstić information content (AvgIpc) is 3.23. The van der Waals surface area contributed by atoms with Gasteiger partial charge in [0.1, 0.15) is 12.4 Å². The fourth-order valence-electron chi connectivity index (χ4n) is 3.56. The van der Waals surface area contributed by atoms with Crippen molar-refractivity contribution in [3.05, 3.63) is 88.7 Å². The van der Waals surface area contributed by atoms with Crippen molar-refractivity contribution < 1.29 is 9.47 Å². The van der Waals surface area contributed by atoms with Crippen LogP contribution in [0.3, 0.4) is 0 Å². The van der Waals surface area contributed by atoms with Crippen molar-refractivity contribution in [1.82, 2.24) is 15.3 Å². The third-order valence-electron chi connectivity index (χ3n) is 5.17. The van der Waals surface area contributed by atoms with E-state index >= 15 is 0 Å². The lowest BCUT2D eigenvalue weighted by Crippen LogP contribution is -2.16. The number of imidazole rings is 1. The first-order valence-electron chi connectivity index (χ1n) is 11.0. The van der Waals surface area contributed by atoms with Gasteiger partial charge in [0, 0.05) is 24.1 Å². The number of benzene rings is 3. The van der Waals surface area contributed by atoms with Gasteiger partial charge in [0.05, 0.1) is 17.6 Å². The van der Waals surface area contributed by atoms with E-state index in [1.54, 1.807) is 0 Å². The van der Waals surface area contributed by atoms with Crippen LogP contribution in [0.25, 0.3) is 11.0 Å². The summed E-state index contributed by atoms with van der Waals surface area (Å²) in [6, 6.07) is 22.0. The van der Waals surface area contributed by atoms with Crippen molar-refractivity contribution in [2.45, 2.75) is 32.9 Å². The van der Waals surface area contributed by atoms with Crippen molar-refractivity contribution in [2.75, 3.05) is 13.2 Å². The molecule has 0 aliphatic carbocycles. The summed E-state index contributed by atoms with van der Waals surface area (Å²) in [4.78, 5) is 8.00. The molecular formula is C26H28ClN3O2. The van der Waals surface area contributed by atoms with Crippen LogP contribution in [-0.4, -0.2) is 23.1 Å². The molecule has 0 aliphatic heterocycles. The molecule has 0 bridgehead atoms. The van der Waals surface area contributed by atoms with Crippen LogP contribution >= 0.6 is 11.6 Å². The molecule has 3 aromatic carbocycles. The molecule has 0 radical (unpaired) electrons. The summed E-state index contributed by atoms with van der Waals surface area (Å²) >= 11 is 6.55. The van der Waals surface area contributed by atoms with Gasteiger partial charge in [-0.1, -0.05) is 54.1 Å². The largest absolute Gasteiger partial charge is 0.490 e. The molecule has 0 fully saturated rings. The Bertz CT molecular complexity index is 1110. The normalized spacial score (nSPS) is 11.1. The highest BCUT2D eigenvalue weighted by atomic mass is 35.5. The summed E-state index contributed by atoms with van der Waals surface area (Å²) in [5.74, 6) is 2.39. The predicted molar refractivity (Wildman–Crippen MR) is 130 cm³/mol. The van der Waals surface area contributed by atoms with Gasteiger partial charge in [0.15, 0.2) is 11.5 Å². The minimum absolute atomic E-state index is 0.469. The quantitative estimate of drug-likeness (QED) is 0.279. The van der Waals surface area contributed by atoms with Gasteiger partial charge in [-0.2, -0.15) is 0 Å². The number of aromatic nitrogens is 2. The first kappa shape index (κ1) is 22.2. The maximum atomic E-state index is 6.55. The van der Waals surface area contributed by atoms with Crippen LogP contribution in [0.1, 0.15) is 30.3 Å². The Kier molecular flexibility index (Phi) is 7.64. The van der Waals surface area contributed by atoms with Crippen molar-refractivity contribution >= 4 is 22.6 Å². The Morgan fingerprint density at radius 2 is 1.75 bits per heavy atom. The SMILES string of the molecule is CCOc1cc(CNCCCc2nc3ccccc3[nH]2)c(Cl)cc1OCc1ccccc1. The summed E-state index contributed by atoms with van der Waals surface area (Å²) in [6.45, 7) is 4.53. The number of rotatable bonds is 11.